The van der Waals surface area contributed by atoms with Crippen LogP contribution < -0.4 is 0 Å². The number of rotatable bonds is 1. The average molecular weight is 227 g/mol. The van der Waals surface area contributed by atoms with Crippen LogP contribution in [0.15, 0.2) is 0 Å². The van der Waals surface area contributed by atoms with E-state index in [9.17, 15) is 13.2 Å². The van der Waals surface area contributed by atoms with Gasteiger partial charge >= 0.3 is 0 Å². The van der Waals surface area contributed by atoms with Gasteiger partial charge in [-0.05, 0) is 20.8 Å². The van der Waals surface area contributed by atoms with Crippen molar-refractivity contribution in [1.29, 1.82) is 0 Å². The summed E-state index contributed by atoms with van der Waals surface area (Å²) in [5.74, 6) is -1.07. The molecule has 2 nitrogen and oxygen atoms in total. The molecule has 14 heavy (non-hydrogen) atoms. The average Bonchev–Trinajstić information content (AvgIpc) is 2.24. The molecular weight excluding hydrogens is 217 g/mol. The highest BCUT2D eigenvalue weighted by molar-refractivity contribution is 6.30. The largest absolute Gasteiger partial charge is 0.271 e. The molecule has 0 aliphatic rings. The molecule has 0 unspecified atom stereocenters. The van der Waals surface area contributed by atoms with Crippen molar-refractivity contribution in [3.05, 3.63) is 16.7 Å². The molecule has 80 valence electrons. The van der Waals surface area contributed by atoms with Crippen LogP contribution >= 0.6 is 11.6 Å². The second kappa shape index (κ2) is 3.46. The quantitative estimate of drug-likeness (QED) is 0.718. The van der Waals surface area contributed by atoms with Crippen LogP contribution in [0, 0.1) is 5.95 Å². The Morgan fingerprint density at radius 3 is 2.07 bits per heavy atom. The summed E-state index contributed by atoms with van der Waals surface area (Å²) in [7, 11) is 0. The van der Waals surface area contributed by atoms with Crippen molar-refractivity contribution in [2.24, 2.45) is 0 Å². The lowest BCUT2D eigenvalue weighted by Gasteiger charge is -2.19. The Bertz CT molecular complexity index is 341. The summed E-state index contributed by atoms with van der Waals surface area (Å²) in [6.07, 6.45) is -2.95. The molecule has 0 N–H and O–H groups in total. The van der Waals surface area contributed by atoms with Crippen LogP contribution in [0.25, 0.3) is 0 Å². The fourth-order valence-electron chi connectivity index (χ4n) is 1.01. The van der Waals surface area contributed by atoms with Gasteiger partial charge in [0.1, 0.15) is 5.56 Å². The minimum absolute atomic E-state index is 0.479. The highest BCUT2D eigenvalue weighted by Gasteiger charge is 2.29. The molecule has 0 atom stereocenters. The number of hydrogen-bond donors (Lipinski definition) is 0. The van der Waals surface area contributed by atoms with E-state index in [4.69, 9.17) is 11.6 Å². The van der Waals surface area contributed by atoms with E-state index >= 15 is 0 Å². The predicted molar refractivity (Wildman–Crippen MR) is 47.1 cm³/mol. The van der Waals surface area contributed by atoms with Crippen molar-refractivity contribution in [1.82, 2.24) is 9.78 Å². The maximum atomic E-state index is 13.4. The molecule has 0 aliphatic carbocycles. The van der Waals surface area contributed by atoms with Crippen LogP contribution in [0.2, 0.25) is 5.15 Å². The molecule has 0 fully saturated rings. The highest BCUT2D eigenvalue weighted by atomic mass is 35.5. The smallest absolute Gasteiger partial charge is 0.232 e. The fourth-order valence-corrected chi connectivity index (χ4v) is 1.25. The van der Waals surface area contributed by atoms with Crippen LogP contribution in [0.3, 0.4) is 0 Å². The number of aromatic nitrogens is 2. The third-order valence-electron chi connectivity index (χ3n) is 1.67. The summed E-state index contributed by atoms with van der Waals surface area (Å²) in [4.78, 5) is 0. The van der Waals surface area contributed by atoms with E-state index in [0.29, 0.717) is 0 Å². The molecular formula is C8H10ClF3N2. The van der Waals surface area contributed by atoms with E-state index in [1.807, 2.05) is 0 Å². The molecule has 0 saturated heterocycles. The second-order valence-corrected chi connectivity index (χ2v) is 4.24. The highest BCUT2D eigenvalue weighted by Crippen LogP contribution is 2.31. The van der Waals surface area contributed by atoms with Crippen molar-refractivity contribution in [2.45, 2.75) is 32.7 Å². The first kappa shape index (κ1) is 11.4. The predicted octanol–water partition coefficient (Wildman–Crippen LogP) is 3.37. The van der Waals surface area contributed by atoms with Crippen molar-refractivity contribution in [2.75, 3.05) is 0 Å². The summed E-state index contributed by atoms with van der Waals surface area (Å²) in [6, 6.07) is 0. The van der Waals surface area contributed by atoms with Gasteiger partial charge in [-0.15, -0.1) is 0 Å². The van der Waals surface area contributed by atoms with Crippen LogP contribution in [-0.2, 0) is 5.54 Å². The summed E-state index contributed by atoms with van der Waals surface area (Å²) >= 11 is 5.40. The van der Waals surface area contributed by atoms with Crippen molar-refractivity contribution >= 4 is 11.6 Å². The van der Waals surface area contributed by atoms with Gasteiger partial charge < -0.3 is 0 Å². The van der Waals surface area contributed by atoms with Gasteiger partial charge in [0.2, 0.25) is 5.95 Å². The SMILES string of the molecule is CC(C)(C)n1nc(Cl)c(C(F)F)c1F. The third-order valence-corrected chi connectivity index (χ3v) is 1.95. The first-order valence-electron chi connectivity index (χ1n) is 3.97. The molecule has 0 bridgehead atoms. The van der Waals surface area contributed by atoms with E-state index in [0.717, 1.165) is 4.68 Å². The topological polar surface area (TPSA) is 17.8 Å². The molecule has 0 aromatic carbocycles. The summed E-state index contributed by atoms with van der Waals surface area (Å²) in [5.41, 5.74) is -1.54. The van der Waals surface area contributed by atoms with Crippen LogP contribution in [0.4, 0.5) is 13.2 Å². The normalized spacial score (nSPS) is 12.6. The van der Waals surface area contributed by atoms with Crippen LogP contribution in [-0.4, -0.2) is 9.78 Å². The van der Waals surface area contributed by atoms with Gasteiger partial charge in [0.05, 0.1) is 5.54 Å². The Kier molecular flexibility index (Phi) is 2.81. The maximum Gasteiger partial charge on any atom is 0.271 e. The van der Waals surface area contributed by atoms with Gasteiger partial charge in [-0.2, -0.15) is 9.49 Å². The standard InChI is InChI=1S/C8H10ClF3N2/c1-8(2,3)14-7(12)4(6(10)11)5(9)13-14/h6H,1-3H3. The fraction of sp³-hybridized carbons (Fsp3) is 0.625. The van der Waals surface area contributed by atoms with Crippen LogP contribution in [0.1, 0.15) is 32.8 Å². The van der Waals surface area contributed by atoms with Crippen molar-refractivity contribution in [3.8, 4) is 0 Å². The van der Waals surface area contributed by atoms with E-state index in [1.54, 1.807) is 20.8 Å². The molecule has 1 rings (SSSR count). The van der Waals surface area contributed by atoms with Gasteiger partial charge in [0, 0.05) is 0 Å². The van der Waals surface area contributed by atoms with Crippen molar-refractivity contribution in [3.63, 3.8) is 0 Å². The van der Waals surface area contributed by atoms with E-state index in [1.165, 1.54) is 0 Å². The second-order valence-electron chi connectivity index (χ2n) is 3.88. The van der Waals surface area contributed by atoms with E-state index in [2.05, 4.69) is 5.10 Å². The lowest BCUT2D eigenvalue weighted by Crippen LogP contribution is -2.25. The first-order chi connectivity index (χ1) is 6.25. The van der Waals surface area contributed by atoms with Crippen LogP contribution in [0.5, 0.6) is 0 Å². The monoisotopic (exact) mass is 226 g/mol. The van der Waals surface area contributed by atoms with Gasteiger partial charge in [-0.25, -0.2) is 13.5 Å². The molecule has 0 aliphatic heterocycles. The zero-order valence-electron chi connectivity index (χ0n) is 7.98. The summed E-state index contributed by atoms with van der Waals surface area (Å²) in [5, 5.41) is 3.05. The third kappa shape index (κ3) is 1.87. The minimum atomic E-state index is -2.95. The number of halogens is 4. The van der Waals surface area contributed by atoms with Gasteiger partial charge in [0.15, 0.2) is 5.15 Å². The lowest BCUT2D eigenvalue weighted by atomic mass is 10.1. The molecule has 0 saturated carbocycles. The molecule has 1 aromatic rings. The van der Waals surface area contributed by atoms with Gasteiger partial charge in [0.25, 0.3) is 6.43 Å². The van der Waals surface area contributed by atoms with Crippen molar-refractivity contribution < 1.29 is 13.2 Å². The Labute approximate surface area is 84.7 Å². The van der Waals surface area contributed by atoms with E-state index in [-0.39, 0.29) is 0 Å². The number of hydrogen-bond acceptors (Lipinski definition) is 1. The summed E-state index contributed by atoms with van der Waals surface area (Å²) in [6.45, 7) is 4.94. The molecule has 0 amide bonds. The first-order valence-corrected chi connectivity index (χ1v) is 4.35. The summed E-state index contributed by atoms with van der Waals surface area (Å²) < 4.78 is 38.9. The lowest BCUT2D eigenvalue weighted by molar-refractivity contribution is 0.144. The van der Waals surface area contributed by atoms with Gasteiger partial charge in [-0.1, -0.05) is 11.6 Å². The zero-order chi connectivity index (χ0) is 11.1. The Hall–Kier alpha value is -0.710. The molecule has 6 heteroatoms. The zero-order valence-corrected chi connectivity index (χ0v) is 8.74. The molecule has 0 spiro atoms. The Balaban J connectivity index is 3.31. The Morgan fingerprint density at radius 1 is 1.36 bits per heavy atom. The van der Waals surface area contributed by atoms with Gasteiger partial charge in [-0.3, -0.25) is 0 Å². The number of nitrogens with zero attached hydrogens (tertiary/aromatic N) is 2. The molecule has 1 aromatic heterocycles. The number of alkyl halides is 2. The van der Waals surface area contributed by atoms with E-state index < -0.39 is 28.6 Å². The molecule has 0 radical (unpaired) electrons. The maximum absolute atomic E-state index is 13.4. The molecule has 1 heterocycles. The Morgan fingerprint density at radius 2 is 1.86 bits per heavy atom. The minimum Gasteiger partial charge on any atom is -0.232 e.